The first-order valence-corrected chi connectivity index (χ1v) is 16.5. The minimum absolute atomic E-state index is 0.0151. The third-order valence-corrected chi connectivity index (χ3v) is 8.86. The largest absolute Gasteiger partial charge is 0.363 e. The number of nitrogens with zero attached hydrogens (tertiary/aromatic N) is 4. The van der Waals surface area contributed by atoms with Crippen molar-refractivity contribution in [1.82, 2.24) is 25.1 Å². The van der Waals surface area contributed by atoms with Crippen LogP contribution in [0.25, 0.3) is 22.4 Å². The SMILES string of the molecule is CCCN(Cc1ncc(-c2ccc(-c3ccc(C4CN=C(C5CCCN5C(=O)C(N)C(C)C)N4)cc3)cc2)[nH]1)C(=O)CC(C)C. The normalized spacial score (nSPS) is 18.8. The molecule has 3 atom stereocenters. The van der Waals surface area contributed by atoms with Gasteiger partial charge in [0.2, 0.25) is 11.8 Å². The Morgan fingerprint density at radius 3 is 2.33 bits per heavy atom. The van der Waals surface area contributed by atoms with E-state index < -0.39 is 6.04 Å². The summed E-state index contributed by atoms with van der Waals surface area (Å²) in [5.74, 6) is 2.35. The lowest BCUT2D eigenvalue weighted by atomic mass is 9.99. The second kappa shape index (κ2) is 14.4. The molecule has 0 aliphatic carbocycles. The summed E-state index contributed by atoms with van der Waals surface area (Å²) in [6.07, 6.45) is 5.21. The molecular formula is C36H49N7O2. The summed E-state index contributed by atoms with van der Waals surface area (Å²) in [4.78, 5) is 42.3. The van der Waals surface area contributed by atoms with Gasteiger partial charge in [0.15, 0.2) is 0 Å². The number of carbonyl (C=O) groups excluding carboxylic acids is 2. The van der Waals surface area contributed by atoms with Gasteiger partial charge in [0.05, 0.1) is 43.1 Å². The number of nitrogens with two attached hydrogens (primary N) is 1. The number of amides is 2. The van der Waals surface area contributed by atoms with Crippen LogP contribution in [0.4, 0.5) is 0 Å². The van der Waals surface area contributed by atoms with E-state index in [4.69, 9.17) is 10.7 Å². The zero-order valence-electron chi connectivity index (χ0n) is 27.4. The minimum atomic E-state index is -0.477. The van der Waals surface area contributed by atoms with Crippen LogP contribution in [-0.2, 0) is 16.1 Å². The van der Waals surface area contributed by atoms with Crippen molar-refractivity contribution in [3.05, 3.63) is 66.1 Å². The van der Waals surface area contributed by atoms with E-state index in [1.807, 2.05) is 29.8 Å². The number of likely N-dealkylation sites (tertiary alicyclic amines) is 1. The molecule has 2 aliphatic heterocycles. The van der Waals surface area contributed by atoms with Crippen molar-refractivity contribution >= 4 is 17.6 Å². The molecule has 1 aromatic heterocycles. The van der Waals surface area contributed by atoms with Crippen molar-refractivity contribution < 1.29 is 9.59 Å². The molecule has 9 nitrogen and oxygen atoms in total. The van der Waals surface area contributed by atoms with Gasteiger partial charge in [-0.25, -0.2) is 4.98 Å². The summed E-state index contributed by atoms with van der Waals surface area (Å²) in [5, 5.41) is 3.61. The first kappa shape index (κ1) is 32.4. The molecule has 45 heavy (non-hydrogen) atoms. The Morgan fingerprint density at radius 1 is 1.02 bits per heavy atom. The Hall–Kier alpha value is -3.98. The number of imidazole rings is 1. The molecule has 1 fully saturated rings. The molecule has 4 N–H and O–H groups in total. The number of hydrogen-bond donors (Lipinski definition) is 3. The molecule has 240 valence electrons. The first-order valence-electron chi connectivity index (χ1n) is 16.5. The zero-order valence-corrected chi connectivity index (χ0v) is 27.4. The zero-order chi connectivity index (χ0) is 32.1. The van der Waals surface area contributed by atoms with Crippen molar-refractivity contribution in [2.45, 2.75) is 85.0 Å². The molecule has 9 heteroatoms. The van der Waals surface area contributed by atoms with Crippen LogP contribution in [0.2, 0.25) is 0 Å². The molecule has 0 bridgehead atoms. The average Bonchev–Trinajstić information content (AvgIpc) is 3.81. The number of aliphatic imine (C=N–C) groups is 1. The van der Waals surface area contributed by atoms with E-state index in [1.54, 1.807) is 0 Å². The van der Waals surface area contributed by atoms with E-state index in [1.165, 1.54) is 5.56 Å². The van der Waals surface area contributed by atoms with Crippen LogP contribution in [0.5, 0.6) is 0 Å². The van der Waals surface area contributed by atoms with Crippen LogP contribution in [-0.4, -0.2) is 69.1 Å². The summed E-state index contributed by atoms with van der Waals surface area (Å²) in [6.45, 7) is 12.8. The highest BCUT2D eigenvalue weighted by atomic mass is 16.2. The lowest BCUT2D eigenvalue weighted by Gasteiger charge is -2.29. The van der Waals surface area contributed by atoms with Crippen LogP contribution in [0.15, 0.2) is 59.7 Å². The van der Waals surface area contributed by atoms with Gasteiger partial charge in [0, 0.05) is 19.5 Å². The van der Waals surface area contributed by atoms with Gasteiger partial charge in [0.25, 0.3) is 0 Å². The Bertz CT molecular complexity index is 1480. The molecule has 2 aromatic carbocycles. The van der Waals surface area contributed by atoms with Crippen LogP contribution >= 0.6 is 0 Å². The number of amidine groups is 1. The third kappa shape index (κ3) is 7.64. The maximum Gasteiger partial charge on any atom is 0.240 e. The van der Waals surface area contributed by atoms with Gasteiger partial charge < -0.3 is 25.8 Å². The highest BCUT2D eigenvalue weighted by Crippen LogP contribution is 2.28. The fourth-order valence-corrected chi connectivity index (χ4v) is 6.20. The van der Waals surface area contributed by atoms with Gasteiger partial charge in [0.1, 0.15) is 11.7 Å². The Labute approximate surface area is 267 Å². The number of H-pyrrole nitrogens is 1. The minimum Gasteiger partial charge on any atom is -0.363 e. The van der Waals surface area contributed by atoms with Crippen LogP contribution in [0.3, 0.4) is 0 Å². The summed E-state index contributed by atoms with van der Waals surface area (Å²) < 4.78 is 0. The standard InChI is InChI=1S/C36H49N7O2/c1-6-17-42(33(44)19-23(2)3)22-32-38-20-29(40-32)27-13-9-25(10-14-27)26-11-15-28(16-12-26)30-21-39-35(41-30)31-8-7-18-43(31)36(45)34(37)24(4)5/h9-16,20,23-24,30-31,34H,6-8,17-19,21-22,37H2,1-5H3,(H,38,40)(H,39,41). The molecule has 5 rings (SSSR count). The highest BCUT2D eigenvalue weighted by molar-refractivity contribution is 5.94. The van der Waals surface area contributed by atoms with Crippen LogP contribution in [0.1, 0.15) is 77.7 Å². The Morgan fingerprint density at radius 2 is 1.69 bits per heavy atom. The number of nitrogens with one attached hydrogen (secondary N) is 2. The summed E-state index contributed by atoms with van der Waals surface area (Å²) in [6, 6.07) is 16.7. The number of benzene rings is 2. The van der Waals surface area contributed by atoms with Gasteiger partial charge in [-0.1, -0.05) is 83.1 Å². The van der Waals surface area contributed by atoms with Crippen molar-refractivity contribution in [1.29, 1.82) is 0 Å². The molecule has 0 saturated carbocycles. The van der Waals surface area contributed by atoms with Gasteiger partial charge in [-0.05, 0) is 53.4 Å². The van der Waals surface area contributed by atoms with Gasteiger partial charge in [-0.2, -0.15) is 0 Å². The Kier molecular flexibility index (Phi) is 10.4. The molecule has 2 amide bonds. The average molecular weight is 612 g/mol. The predicted molar refractivity (Wildman–Crippen MR) is 180 cm³/mol. The summed E-state index contributed by atoms with van der Waals surface area (Å²) in [5.41, 5.74) is 11.6. The van der Waals surface area contributed by atoms with Gasteiger partial charge in [-0.15, -0.1) is 0 Å². The third-order valence-electron chi connectivity index (χ3n) is 8.86. The lowest BCUT2D eigenvalue weighted by Crippen LogP contribution is -2.52. The van der Waals surface area contributed by atoms with E-state index in [0.717, 1.165) is 66.4 Å². The van der Waals surface area contributed by atoms with E-state index in [0.29, 0.717) is 25.4 Å². The van der Waals surface area contributed by atoms with Gasteiger partial charge in [-0.3, -0.25) is 14.6 Å². The number of carbonyl (C=O) groups is 2. The van der Waals surface area contributed by atoms with Crippen molar-refractivity contribution in [2.75, 3.05) is 19.6 Å². The topological polar surface area (TPSA) is 120 Å². The van der Waals surface area contributed by atoms with Gasteiger partial charge >= 0.3 is 0 Å². The maximum atomic E-state index is 13.0. The molecule has 3 heterocycles. The van der Waals surface area contributed by atoms with Crippen LogP contribution in [0, 0.1) is 11.8 Å². The van der Waals surface area contributed by atoms with Crippen molar-refractivity contribution in [3.8, 4) is 22.4 Å². The molecule has 0 radical (unpaired) electrons. The second-order valence-corrected chi connectivity index (χ2v) is 13.2. The van der Waals surface area contributed by atoms with E-state index in [9.17, 15) is 9.59 Å². The Balaban J connectivity index is 1.19. The van der Waals surface area contributed by atoms with E-state index in [2.05, 4.69) is 84.6 Å². The molecule has 0 spiro atoms. The van der Waals surface area contributed by atoms with E-state index >= 15 is 0 Å². The van der Waals surface area contributed by atoms with Crippen molar-refractivity contribution in [3.63, 3.8) is 0 Å². The quantitative estimate of drug-likeness (QED) is 0.248. The summed E-state index contributed by atoms with van der Waals surface area (Å²) in [7, 11) is 0. The molecular weight excluding hydrogens is 562 g/mol. The van der Waals surface area contributed by atoms with E-state index in [-0.39, 0.29) is 29.8 Å². The number of rotatable bonds is 12. The first-order chi connectivity index (χ1) is 21.6. The fraction of sp³-hybridized carbons (Fsp3) is 0.500. The summed E-state index contributed by atoms with van der Waals surface area (Å²) >= 11 is 0. The second-order valence-electron chi connectivity index (χ2n) is 13.2. The molecule has 3 unspecified atom stereocenters. The molecule has 3 aromatic rings. The molecule has 2 aliphatic rings. The number of hydrogen-bond acceptors (Lipinski definition) is 6. The molecule has 1 saturated heterocycles. The van der Waals surface area contributed by atoms with Crippen LogP contribution < -0.4 is 11.1 Å². The lowest BCUT2D eigenvalue weighted by molar-refractivity contribution is -0.133. The number of aromatic nitrogens is 2. The highest BCUT2D eigenvalue weighted by Gasteiger charge is 2.37. The predicted octanol–water partition coefficient (Wildman–Crippen LogP) is 5.55. The smallest absolute Gasteiger partial charge is 0.240 e. The number of aromatic amines is 1. The monoisotopic (exact) mass is 611 g/mol. The maximum absolute atomic E-state index is 13.0. The fourth-order valence-electron chi connectivity index (χ4n) is 6.20. The van der Waals surface area contributed by atoms with Crippen molar-refractivity contribution in [2.24, 2.45) is 22.6 Å².